The summed E-state index contributed by atoms with van der Waals surface area (Å²) in [6, 6.07) is 7.51. The molecule has 1 aliphatic heterocycles. The van der Waals surface area contributed by atoms with Gasteiger partial charge in [-0.1, -0.05) is 26.7 Å². The lowest BCUT2D eigenvalue weighted by atomic mass is 9.70. The number of hydrogen-bond donors (Lipinski definition) is 0. The van der Waals surface area contributed by atoms with Crippen molar-refractivity contribution in [1.29, 1.82) is 0 Å². The summed E-state index contributed by atoms with van der Waals surface area (Å²) < 4.78 is 16.9. The zero-order valence-corrected chi connectivity index (χ0v) is 17.6. The summed E-state index contributed by atoms with van der Waals surface area (Å²) in [7, 11) is 0. The second-order valence-corrected chi connectivity index (χ2v) is 8.54. The Labute approximate surface area is 167 Å². The molecule has 148 valence electrons. The normalized spacial score (nSPS) is 16.4. The van der Waals surface area contributed by atoms with Crippen molar-refractivity contribution in [2.24, 2.45) is 5.41 Å². The van der Waals surface area contributed by atoms with E-state index in [4.69, 9.17) is 13.9 Å². The van der Waals surface area contributed by atoms with E-state index in [9.17, 15) is 4.79 Å². The third kappa shape index (κ3) is 4.09. The Hall–Kier alpha value is -2.67. The summed E-state index contributed by atoms with van der Waals surface area (Å²) in [5.74, 6) is 7.49. The van der Waals surface area contributed by atoms with Crippen LogP contribution in [0, 0.1) is 24.2 Å². The number of benzene rings is 1. The number of carbonyl (C=O) groups excluding carboxylic acids is 1. The lowest BCUT2D eigenvalue weighted by molar-refractivity contribution is -0.135. The molecule has 0 bridgehead atoms. The third-order valence-electron chi connectivity index (χ3n) is 5.61. The molecule has 0 radical (unpaired) electrons. The van der Waals surface area contributed by atoms with Crippen LogP contribution in [0.2, 0.25) is 0 Å². The highest BCUT2D eigenvalue weighted by atomic mass is 16.6. The van der Waals surface area contributed by atoms with Crippen molar-refractivity contribution in [3.63, 3.8) is 0 Å². The van der Waals surface area contributed by atoms with Crippen LogP contribution in [-0.4, -0.2) is 11.6 Å². The average Bonchev–Trinajstić information content (AvgIpc) is 3.02. The number of aryl methyl sites for hydroxylation is 1. The minimum Gasteiger partial charge on any atom is -0.487 e. The van der Waals surface area contributed by atoms with Crippen LogP contribution in [0.1, 0.15) is 69.9 Å². The maximum absolute atomic E-state index is 11.6. The first kappa shape index (κ1) is 20.1. The van der Waals surface area contributed by atoms with Crippen LogP contribution in [-0.2, 0) is 11.2 Å². The molecule has 3 rings (SSSR count). The highest BCUT2D eigenvalue weighted by Gasteiger charge is 2.43. The molecule has 2 aromatic rings. The van der Waals surface area contributed by atoms with Crippen LogP contribution in [0.3, 0.4) is 0 Å². The van der Waals surface area contributed by atoms with Gasteiger partial charge in [0.05, 0.1) is 0 Å². The molecule has 0 unspecified atom stereocenters. The van der Waals surface area contributed by atoms with Crippen molar-refractivity contribution in [1.82, 2.24) is 0 Å². The van der Waals surface area contributed by atoms with E-state index in [-0.39, 0.29) is 22.9 Å². The number of ether oxygens (including phenoxy) is 2. The number of carbonyl (C=O) groups is 1. The molecule has 0 saturated carbocycles. The number of hydrogen-bond acceptors (Lipinski definition) is 4. The molecule has 2 heterocycles. The number of esters is 1. The van der Waals surface area contributed by atoms with Crippen LogP contribution in [0.15, 0.2) is 28.7 Å². The first-order valence-electron chi connectivity index (χ1n) is 9.76. The molecular formula is C24H28O4. The van der Waals surface area contributed by atoms with E-state index in [2.05, 4.69) is 51.7 Å². The Bertz CT molecular complexity index is 951. The van der Waals surface area contributed by atoms with Crippen molar-refractivity contribution < 1.29 is 18.7 Å². The standard InChI is InChI=1S/C24H28O4/c1-7-8-21(25)27-22-12-11-19(26-22)10-9-17-14-18-15-23(3,4)24(5,6)28-20(18)13-16(17)2/h11-14H,7-8,15H2,1-6H3. The van der Waals surface area contributed by atoms with E-state index in [0.717, 1.165) is 29.7 Å². The fourth-order valence-corrected chi connectivity index (χ4v) is 3.13. The lowest BCUT2D eigenvalue weighted by Crippen LogP contribution is -2.48. The monoisotopic (exact) mass is 380 g/mol. The molecule has 0 amide bonds. The summed E-state index contributed by atoms with van der Waals surface area (Å²) in [5, 5.41) is 0. The molecule has 4 nitrogen and oxygen atoms in total. The van der Waals surface area contributed by atoms with Gasteiger partial charge in [0.25, 0.3) is 5.95 Å². The van der Waals surface area contributed by atoms with Gasteiger partial charge in [-0.15, -0.1) is 0 Å². The van der Waals surface area contributed by atoms with Crippen molar-refractivity contribution in [3.8, 4) is 23.5 Å². The van der Waals surface area contributed by atoms with E-state index in [1.54, 1.807) is 12.1 Å². The summed E-state index contributed by atoms with van der Waals surface area (Å²) in [6.07, 6.45) is 2.04. The largest absolute Gasteiger partial charge is 0.487 e. The Balaban J connectivity index is 1.82. The van der Waals surface area contributed by atoms with Gasteiger partial charge in [-0.05, 0) is 68.9 Å². The van der Waals surface area contributed by atoms with Crippen molar-refractivity contribution >= 4 is 5.97 Å². The van der Waals surface area contributed by atoms with Crippen molar-refractivity contribution in [3.05, 3.63) is 46.7 Å². The SMILES string of the molecule is CCCC(=O)Oc1ccc(C#Cc2cc3c(cc2C)OC(C)(C)C(C)(C)C3)o1. The summed E-state index contributed by atoms with van der Waals surface area (Å²) >= 11 is 0. The topological polar surface area (TPSA) is 48.7 Å². The summed E-state index contributed by atoms with van der Waals surface area (Å²) in [5.41, 5.74) is 2.98. The van der Waals surface area contributed by atoms with Gasteiger partial charge in [0.15, 0.2) is 5.76 Å². The maximum Gasteiger partial charge on any atom is 0.313 e. The smallest absolute Gasteiger partial charge is 0.313 e. The fourth-order valence-electron chi connectivity index (χ4n) is 3.13. The van der Waals surface area contributed by atoms with E-state index >= 15 is 0 Å². The van der Waals surface area contributed by atoms with Crippen LogP contribution in [0.5, 0.6) is 11.7 Å². The van der Waals surface area contributed by atoms with Gasteiger partial charge < -0.3 is 13.9 Å². The molecule has 4 heteroatoms. The zero-order chi connectivity index (χ0) is 20.5. The van der Waals surface area contributed by atoms with Gasteiger partial charge in [-0.3, -0.25) is 4.79 Å². The Morgan fingerprint density at radius 1 is 1.18 bits per heavy atom. The van der Waals surface area contributed by atoms with Crippen LogP contribution >= 0.6 is 0 Å². The van der Waals surface area contributed by atoms with Gasteiger partial charge >= 0.3 is 5.97 Å². The quantitative estimate of drug-likeness (QED) is 0.526. The Morgan fingerprint density at radius 2 is 1.93 bits per heavy atom. The maximum atomic E-state index is 11.6. The summed E-state index contributed by atoms with van der Waals surface area (Å²) in [4.78, 5) is 11.6. The van der Waals surface area contributed by atoms with Gasteiger partial charge in [0.2, 0.25) is 0 Å². The number of rotatable bonds is 3. The molecule has 0 atom stereocenters. The molecule has 0 fully saturated rings. The van der Waals surface area contributed by atoms with Gasteiger partial charge in [-0.25, -0.2) is 0 Å². The van der Waals surface area contributed by atoms with Gasteiger partial charge in [0, 0.05) is 23.5 Å². The predicted molar refractivity (Wildman–Crippen MR) is 109 cm³/mol. The molecular weight excluding hydrogens is 352 g/mol. The van der Waals surface area contributed by atoms with Gasteiger partial charge in [-0.2, -0.15) is 0 Å². The molecule has 0 spiro atoms. The van der Waals surface area contributed by atoms with Crippen LogP contribution < -0.4 is 9.47 Å². The molecule has 0 N–H and O–H groups in total. The van der Waals surface area contributed by atoms with Gasteiger partial charge in [0.1, 0.15) is 11.4 Å². The summed E-state index contributed by atoms with van der Waals surface area (Å²) in [6.45, 7) is 12.7. The highest BCUT2D eigenvalue weighted by Crippen LogP contribution is 2.45. The highest BCUT2D eigenvalue weighted by molar-refractivity contribution is 5.71. The Kier molecular flexibility index (Phi) is 5.30. The predicted octanol–water partition coefficient (Wildman–Crippen LogP) is 5.43. The number of fused-ring (bicyclic) bond motifs is 1. The molecule has 1 aliphatic rings. The van der Waals surface area contributed by atoms with E-state index in [1.807, 2.05) is 13.8 Å². The molecule has 0 aliphatic carbocycles. The lowest BCUT2D eigenvalue weighted by Gasteiger charge is -2.46. The first-order chi connectivity index (χ1) is 13.1. The molecule has 1 aromatic carbocycles. The minimum atomic E-state index is -0.299. The second-order valence-electron chi connectivity index (χ2n) is 8.54. The first-order valence-corrected chi connectivity index (χ1v) is 9.76. The molecule has 28 heavy (non-hydrogen) atoms. The minimum absolute atomic E-state index is 0.0260. The third-order valence-corrected chi connectivity index (χ3v) is 5.61. The zero-order valence-electron chi connectivity index (χ0n) is 17.6. The van der Waals surface area contributed by atoms with Crippen molar-refractivity contribution in [2.75, 3.05) is 0 Å². The van der Waals surface area contributed by atoms with E-state index < -0.39 is 0 Å². The molecule has 0 saturated heterocycles. The van der Waals surface area contributed by atoms with Crippen LogP contribution in [0.4, 0.5) is 0 Å². The van der Waals surface area contributed by atoms with Crippen molar-refractivity contribution in [2.45, 2.75) is 66.4 Å². The van der Waals surface area contributed by atoms with E-state index in [1.165, 1.54) is 5.56 Å². The Morgan fingerprint density at radius 3 is 2.64 bits per heavy atom. The van der Waals surface area contributed by atoms with E-state index in [0.29, 0.717) is 12.2 Å². The average molecular weight is 380 g/mol. The number of furan rings is 1. The second kappa shape index (κ2) is 7.39. The molecule has 1 aromatic heterocycles. The van der Waals surface area contributed by atoms with Crippen LogP contribution in [0.25, 0.3) is 0 Å². The fraction of sp³-hybridized carbons (Fsp3) is 0.458.